The lowest BCUT2D eigenvalue weighted by Gasteiger charge is -2.19. The Balaban J connectivity index is 1.70. The van der Waals surface area contributed by atoms with Crippen LogP contribution in [0.3, 0.4) is 0 Å². The zero-order chi connectivity index (χ0) is 13.5. The van der Waals surface area contributed by atoms with Crippen LogP contribution in [0.4, 0.5) is 4.39 Å². The summed E-state index contributed by atoms with van der Waals surface area (Å²) >= 11 is 6.16. The zero-order valence-corrected chi connectivity index (χ0v) is 11.6. The number of guanidine groups is 1. The molecule has 19 heavy (non-hydrogen) atoms. The van der Waals surface area contributed by atoms with Crippen molar-refractivity contribution in [1.29, 1.82) is 0 Å². The van der Waals surface area contributed by atoms with Gasteiger partial charge in [-0.15, -0.1) is 0 Å². The minimum atomic E-state index is -0.284. The number of halogens is 2. The van der Waals surface area contributed by atoms with Crippen LogP contribution in [0.15, 0.2) is 23.2 Å². The normalized spacial score (nSPS) is 23.7. The molecule has 0 radical (unpaired) electrons. The number of nitrogens with one attached hydrogen (secondary N) is 2. The fourth-order valence-electron chi connectivity index (χ4n) is 2.52. The first kappa shape index (κ1) is 12.7. The minimum Gasteiger partial charge on any atom is -0.356 e. The van der Waals surface area contributed by atoms with Gasteiger partial charge in [-0.05, 0) is 37.5 Å². The summed E-state index contributed by atoms with van der Waals surface area (Å²) in [7, 11) is 0. The molecular formula is C14H17ClFN3. The second kappa shape index (κ2) is 4.67. The number of rotatable bonds is 3. The smallest absolute Gasteiger partial charge is 0.191 e. The molecule has 1 aromatic rings. The van der Waals surface area contributed by atoms with E-state index in [1.165, 1.54) is 12.1 Å². The summed E-state index contributed by atoms with van der Waals surface area (Å²) in [6.07, 6.45) is 2.16. The van der Waals surface area contributed by atoms with Crippen LogP contribution < -0.4 is 10.6 Å². The van der Waals surface area contributed by atoms with E-state index in [9.17, 15) is 4.39 Å². The van der Waals surface area contributed by atoms with Crippen LogP contribution in [0.5, 0.6) is 0 Å². The van der Waals surface area contributed by atoms with Crippen LogP contribution in [0, 0.1) is 5.82 Å². The Morgan fingerprint density at radius 2 is 2.32 bits per heavy atom. The molecule has 1 saturated carbocycles. The van der Waals surface area contributed by atoms with E-state index in [1.807, 2.05) is 0 Å². The summed E-state index contributed by atoms with van der Waals surface area (Å²) in [4.78, 5) is 4.38. The van der Waals surface area contributed by atoms with Gasteiger partial charge in [0.15, 0.2) is 5.96 Å². The van der Waals surface area contributed by atoms with E-state index in [2.05, 4.69) is 22.5 Å². The van der Waals surface area contributed by atoms with E-state index in [0.29, 0.717) is 11.1 Å². The number of aliphatic imine (C=N–C) groups is 1. The molecule has 1 unspecified atom stereocenters. The van der Waals surface area contributed by atoms with Crippen molar-refractivity contribution in [2.45, 2.75) is 31.2 Å². The topological polar surface area (TPSA) is 36.4 Å². The second-order valence-electron chi connectivity index (χ2n) is 5.49. The molecule has 3 rings (SSSR count). The minimum absolute atomic E-state index is 0.0425. The standard InChI is InChI=1S/C14H17ClFN3/c1-9-7-17-13(19-9)18-8-14(4-5-14)11-3-2-10(16)6-12(11)15/h2-3,6,9H,4-5,7-8H2,1H3,(H2,17,18,19). The average Bonchev–Trinajstić information content (AvgIpc) is 3.03. The number of nitrogens with zero attached hydrogens (tertiary/aromatic N) is 1. The number of hydrogen-bond donors (Lipinski definition) is 2. The van der Waals surface area contributed by atoms with Gasteiger partial charge in [0.25, 0.3) is 0 Å². The zero-order valence-electron chi connectivity index (χ0n) is 10.8. The Morgan fingerprint density at radius 3 is 2.89 bits per heavy atom. The van der Waals surface area contributed by atoms with Crippen LogP contribution in [0.25, 0.3) is 0 Å². The van der Waals surface area contributed by atoms with E-state index >= 15 is 0 Å². The van der Waals surface area contributed by atoms with Crippen molar-refractivity contribution >= 4 is 17.6 Å². The SMILES string of the molecule is CC1CN=C(NCC2(c3ccc(F)cc3Cl)CC2)N1. The predicted molar refractivity (Wildman–Crippen MR) is 75.2 cm³/mol. The lowest BCUT2D eigenvalue weighted by Crippen LogP contribution is -2.41. The fourth-order valence-corrected chi connectivity index (χ4v) is 2.89. The van der Waals surface area contributed by atoms with Gasteiger partial charge >= 0.3 is 0 Å². The first-order valence-corrected chi connectivity index (χ1v) is 6.97. The van der Waals surface area contributed by atoms with E-state index in [-0.39, 0.29) is 11.2 Å². The summed E-state index contributed by atoms with van der Waals surface area (Å²) in [5, 5.41) is 7.14. The van der Waals surface area contributed by atoms with E-state index in [0.717, 1.165) is 37.5 Å². The van der Waals surface area contributed by atoms with Gasteiger partial charge in [0.2, 0.25) is 0 Å². The molecule has 2 N–H and O–H groups in total. The molecule has 1 aromatic carbocycles. The molecule has 1 heterocycles. The quantitative estimate of drug-likeness (QED) is 0.893. The van der Waals surface area contributed by atoms with Gasteiger partial charge in [-0.25, -0.2) is 4.39 Å². The average molecular weight is 282 g/mol. The monoisotopic (exact) mass is 281 g/mol. The van der Waals surface area contributed by atoms with E-state index < -0.39 is 0 Å². The molecule has 5 heteroatoms. The van der Waals surface area contributed by atoms with Crippen molar-refractivity contribution in [2.75, 3.05) is 13.1 Å². The Bertz CT molecular complexity index is 525. The van der Waals surface area contributed by atoms with Crippen LogP contribution in [0.2, 0.25) is 5.02 Å². The van der Waals surface area contributed by atoms with Gasteiger partial charge in [-0.3, -0.25) is 4.99 Å². The second-order valence-corrected chi connectivity index (χ2v) is 5.90. The maximum absolute atomic E-state index is 13.1. The Kier molecular flexibility index (Phi) is 3.13. The molecule has 1 fully saturated rings. The van der Waals surface area contributed by atoms with Crippen molar-refractivity contribution in [3.05, 3.63) is 34.6 Å². The number of hydrogen-bond acceptors (Lipinski definition) is 3. The summed E-state index contributed by atoms with van der Waals surface area (Å²) in [6, 6.07) is 5.07. The third kappa shape index (κ3) is 2.54. The van der Waals surface area contributed by atoms with Crippen molar-refractivity contribution in [3.63, 3.8) is 0 Å². The highest BCUT2D eigenvalue weighted by Crippen LogP contribution is 2.50. The van der Waals surface area contributed by atoms with Gasteiger partial charge in [-0.2, -0.15) is 0 Å². The number of benzene rings is 1. The van der Waals surface area contributed by atoms with Crippen molar-refractivity contribution in [3.8, 4) is 0 Å². The molecule has 1 atom stereocenters. The highest BCUT2D eigenvalue weighted by atomic mass is 35.5. The van der Waals surface area contributed by atoms with Gasteiger partial charge in [-0.1, -0.05) is 17.7 Å². The molecule has 102 valence electrons. The molecule has 0 amide bonds. The Labute approximate surface area is 117 Å². The molecule has 1 aliphatic carbocycles. The summed E-state index contributed by atoms with van der Waals surface area (Å²) in [5.41, 5.74) is 1.08. The van der Waals surface area contributed by atoms with Crippen molar-refractivity contribution < 1.29 is 4.39 Å². The molecule has 1 aliphatic heterocycles. The molecule has 0 spiro atoms. The third-order valence-corrected chi connectivity index (χ3v) is 4.17. The largest absolute Gasteiger partial charge is 0.356 e. The molecule has 3 nitrogen and oxygen atoms in total. The highest BCUT2D eigenvalue weighted by Gasteiger charge is 2.45. The Morgan fingerprint density at radius 1 is 1.53 bits per heavy atom. The van der Waals surface area contributed by atoms with E-state index in [1.54, 1.807) is 6.07 Å². The van der Waals surface area contributed by atoms with Crippen LogP contribution >= 0.6 is 11.6 Å². The summed E-state index contributed by atoms with van der Waals surface area (Å²) < 4.78 is 13.1. The molecule has 0 bridgehead atoms. The van der Waals surface area contributed by atoms with Gasteiger partial charge in [0.05, 0.1) is 6.54 Å². The maximum Gasteiger partial charge on any atom is 0.191 e. The molecule has 0 aromatic heterocycles. The molecule has 2 aliphatic rings. The lowest BCUT2D eigenvalue weighted by molar-refractivity contribution is 0.617. The summed E-state index contributed by atoms with van der Waals surface area (Å²) in [5.74, 6) is 0.574. The molecule has 0 saturated heterocycles. The van der Waals surface area contributed by atoms with E-state index in [4.69, 9.17) is 11.6 Å². The predicted octanol–water partition coefficient (Wildman–Crippen LogP) is 2.45. The van der Waals surface area contributed by atoms with Crippen molar-refractivity contribution in [2.24, 2.45) is 4.99 Å². The van der Waals surface area contributed by atoms with Crippen LogP contribution in [0.1, 0.15) is 25.3 Å². The van der Waals surface area contributed by atoms with Crippen molar-refractivity contribution in [1.82, 2.24) is 10.6 Å². The first-order valence-electron chi connectivity index (χ1n) is 6.59. The van der Waals surface area contributed by atoms with Crippen LogP contribution in [-0.2, 0) is 5.41 Å². The summed E-state index contributed by atoms with van der Waals surface area (Å²) in [6.45, 7) is 3.70. The van der Waals surface area contributed by atoms with Gasteiger partial charge in [0.1, 0.15) is 5.82 Å². The maximum atomic E-state index is 13.1. The third-order valence-electron chi connectivity index (χ3n) is 3.86. The van der Waals surface area contributed by atoms with Gasteiger partial charge in [0, 0.05) is 23.0 Å². The first-order chi connectivity index (χ1) is 9.09. The molecular weight excluding hydrogens is 265 g/mol. The van der Waals surface area contributed by atoms with Crippen LogP contribution in [-0.4, -0.2) is 25.1 Å². The lowest BCUT2D eigenvalue weighted by atomic mass is 9.96. The Hall–Kier alpha value is -1.29. The van der Waals surface area contributed by atoms with Gasteiger partial charge < -0.3 is 10.6 Å². The fraction of sp³-hybridized carbons (Fsp3) is 0.500. The highest BCUT2D eigenvalue weighted by molar-refractivity contribution is 6.31.